The summed E-state index contributed by atoms with van der Waals surface area (Å²) < 4.78 is 7.01. The molecule has 4 aromatic rings. The highest BCUT2D eigenvalue weighted by Crippen LogP contribution is 2.28. The van der Waals surface area contributed by atoms with E-state index in [0.717, 1.165) is 23.2 Å². The van der Waals surface area contributed by atoms with Crippen LogP contribution in [-0.2, 0) is 13.5 Å². The molecule has 8 nitrogen and oxygen atoms in total. The Morgan fingerprint density at radius 3 is 2.66 bits per heavy atom. The van der Waals surface area contributed by atoms with Gasteiger partial charge in [0.15, 0.2) is 5.82 Å². The van der Waals surface area contributed by atoms with Gasteiger partial charge in [-0.05, 0) is 48.4 Å². The van der Waals surface area contributed by atoms with Crippen molar-refractivity contribution in [3.8, 4) is 11.8 Å². The molecule has 2 N–H and O–H groups in total. The van der Waals surface area contributed by atoms with Crippen molar-refractivity contribution in [1.82, 2.24) is 14.5 Å². The normalized spacial score (nSPS) is 10.6. The number of ether oxygens (including phenoxy) is 1. The van der Waals surface area contributed by atoms with E-state index in [9.17, 15) is 10.1 Å². The first-order chi connectivity index (χ1) is 15.5. The van der Waals surface area contributed by atoms with E-state index >= 15 is 0 Å². The number of amides is 1. The second-order valence-corrected chi connectivity index (χ2v) is 7.22. The van der Waals surface area contributed by atoms with E-state index in [4.69, 9.17) is 4.74 Å². The first kappa shape index (κ1) is 20.9. The van der Waals surface area contributed by atoms with Crippen LogP contribution >= 0.6 is 0 Å². The van der Waals surface area contributed by atoms with Gasteiger partial charge in [0.05, 0.1) is 30.6 Å². The number of imidazole rings is 1. The maximum atomic E-state index is 12.8. The highest BCUT2D eigenvalue weighted by atomic mass is 16.5. The Labute approximate surface area is 185 Å². The number of nitrogens with zero attached hydrogens (tertiary/aromatic N) is 4. The number of aryl methyl sites for hydroxylation is 2. The van der Waals surface area contributed by atoms with Crippen LogP contribution in [0.25, 0.3) is 11.0 Å². The molecule has 8 heteroatoms. The number of benzene rings is 2. The minimum absolute atomic E-state index is 0.301. The molecular weight excluding hydrogens is 404 g/mol. The van der Waals surface area contributed by atoms with Crippen molar-refractivity contribution in [3.63, 3.8) is 0 Å². The molecule has 0 aliphatic carbocycles. The van der Waals surface area contributed by atoms with Gasteiger partial charge in [-0.15, -0.1) is 0 Å². The summed E-state index contributed by atoms with van der Waals surface area (Å²) in [5, 5.41) is 15.4. The van der Waals surface area contributed by atoms with Gasteiger partial charge in [0, 0.05) is 24.4 Å². The summed E-state index contributed by atoms with van der Waals surface area (Å²) in [4.78, 5) is 21.8. The minimum Gasteiger partial charge on any atom is -0.497 e. The standard InChI is InChI=1S/C24H22N6O2/c1-4-16-6-5-15(13-25)11-19(16)27-21-12-20-22(26-14-30(20)2)23(28-21)29-24(31)17-7-9-18(32-3)10-8-17/h5-12,14H,4H2,1-3H3,(H2,27,28,29,31). The zero-order valence-electron chi connectivity index (χ0n) is 18.0. The van der Waals surface area contributed by atoms with Crippen LogP contribution in [0.3, 0.4) is 0 Å². The van der Waals surface area contributed by atoms with E-state index in [1.165, 1.54) is 0 Å². The molecule has 4 rings (SSSR count). The van der Waals surface area contributed by atoms with Gasteiger partial charge < -0.3 is 19.9 Å². The lowest BCUT2D eigenvalue weighted by atomic mass is 10.1. The molecule has 2 heterocycles. The SMILES string of the molecule is CCc1ccc(C#N)cc1Nc1cc2c(ncn2C)c(NC(=O)c2ccc(OC)cc2)n1. The Bertz CT molecular complexity index is 1340. The summed E-state index contributed by atoms with van der Waals surface area (Å²) in [6.07, 6.45) is 2.47. The summed E-state index contributed by atoms with van der Waals surface area (Å²) in [6.45, 7) is 2.05. The Morgan fingerprint density at radius 1 is 1.19 bits per heavy atom. The maximum Gasteiger partial charge on any atom is 0.256 e. The molecule has 0 atom stereocenters. The molecular formula is C24H22N6O2. The minimum atomic E-state index is -0.301. The van der Waals surface area contributed by atoms with Crippen LogP contribution < -0.4 is 15.4 Å². The van der Waals surface area contributed by atoms with Crippen LogP contribution in [0, 0.1) is 11.3 Å². The van der Waals surface area contributed by atoms with E-state index in [0.29, 0.717) is 34.0 Å². The third-order valence-electron chi connectivity index (χ3n) is 5.18. The molecule has 0 aliphatic heterocycles. The molecule has 0 saturated heterocycles. The number of methoxy groups -OCH3 is 1. The number of anilines is 3. The Morgan fingerprint density at radius 2 is 1.97 bits per heavy atom. The lowest BCUT2D eigenvalue weighted by molar-refractivity contribution is 0.102. The zero-order chi connectivity index (χ0) is 22.7. The molecule has 0 fully saturated rings. The molecule has 0 aliphatic rings. The van der Waals surface area contributed by atoms with Crippen molar-refractivity contribution in [2.45, 2.75) is 13.3 Å². The van der Waals surface area contributed by atoms with E-state index in [-0.39, 0.29) is 5.91 Å². The van der Waals surface area contributed by atoms with Crippen LogP contribution in [0.1, 0.15) is 28.4 Å². The van der Waals surface area contributed by atoms with Crippen molar-refractivity contribution in [3.05, 3.63) is 71.5 Å². The molecule has 0 spiro atoms. The summed E-state index contributed by atoms with van der Waals surface area (Å²) in [5.74, 6) is 1.26. The number of nitrogens with one attached hydrogen (secondary N) is 2. The molecule has 32 heavy (non-hydrogen) atoms. The molecule has 0 bridgehead atoms. The number of hydrogen-bond donors (Lipinski definition) is 2. The predicted octanol–water partition coefficient (Wildman–Crippen LogP) is 4.41. The number of carbonyl (C=O) groups excluding carboxylic acids is 1. The van der Waals surface area contributed by atoms with Gasteiger partial charge in [-0.25, -0.2) is 9.97 Å². The fourth-order valence-corrected chi connectivity index (χ4v) is 3.41. The fraction of sp³-hybridized carbons (Fsp3) is 0.167. The average Bonchev–Trinajstić information content (AvgIpc) is 3.19. The summed E-state index contributed by atoms with van der Waals surface area (Å²) >= 11 is 0. The first-order valence-corrected chi connectivity index (χ1v) is 10.1. The number of hydrogen-bond acceptors (Lipinski definition) is 6. The van der Waals surface area contributed by atoms with Gasteiger partial charge in [0.1, 0.15) is 17.1 Å². The van der Waals surface area contributed by atoms with Crippen molar-refractivity contribution >= 4 is 34.3 Å². The molecule has 0 unspecified atom stereocenters. The number of pyridine rings is 1. The number of rotatable bonds is 6. The van der Waals surface area contributed by atoms with E-state index in [2.05, 4.69) is 26.7 Å². The Hall–Kier alpha value is -4.38. The Balaban J connectivity index is 1.71. The molecule has 0 saturated carbocycles. The Kier molecular flexibility index (Phi) is 5.73. The van der Waals surface area contributed by atoms with Crippen LogP contribution in [0.5, 0.6) is 5.75 Å². The molecule has 160 valence electrons. The van der Waals surface area contributed by atoms with Crippen molar-refractivity contribution in [2.24, 2.45) is 7.05 Å². The lowest BCUT2D eigenvalue weighted by Crippen LogP contribution is -2.14. The summed E-state index contributed by atoms with van der Waals surface area (Å²) in [6, 6.07) is 16.4. The molecule has 0 radical (unpaired) electrons. The van der Waals surface area contributed by atoms with Crippen LogP contribution in [0.4, 0.5) is 17.3 Å². The lowest BCUT2D eigenvalue weighted by Gasteiger charge is -2.13. The number of fused-ring (bicyclic) bond motifs is 1. The molecule has 2 aromatic carbocycles. The van der Waals surface area contributed by atoms with Gasteiger partial charge in [-0.1, -0.05) is 13.0 Å². The van der Waals surface area contributed by atoms with E-state index < -0.39 is 0 Å². The zero-order valence-corrected chi connectivity index (χ0v) is 18.0. The van der Waals surface area contributed by atoms with Gasteiger partial charge >= 0.3 is 0 Å². The van der Waals surface area contributed by atoms with Crippen molar-refractivity contribution in [1.29, 1.82) is 5.26 Å². The van der Waals surface area contributed by atoms with Gasteiger partial charge in [-0.2, -0.15) is 5.26 Å². The third kappa shape index (κ3) is 4.09. The van der Waals surface area contributed by atoms with E-state index in [1.807, 2.05) is 30.7 Å². The summed E-state index contributed by atoms with van der Waals surface area (Å²) in [7, 11) is 3.45. The fourth-order valence-electron chi connectivity index (χ4n) is 3.41. The second-order valence-electron chi connectivity index (χ2n) is 7.22. The number of carbonyl (C=O) groups is 1. The highest BCUT2D eigenvalue weighted by molar-refractivity contribution is 6.07. The topological polar surface area (TPSA) is 105 Å². The second kappa shape index (κ2) is 8.78. The van der Waals surface area contributed by atoms with Crippen LogP contribution in [-0.4, -0.2) is 27.6 Å². The molecule has 2 aromatic heterocycles. The smallest absolute Gasteiger partial charge is 0.256 e. The van der Waals surface area contributed by atoms with Crippen molar-refractivity contribution < 1.29 is 9.53 Å². The number of aromatic nitrogens is 3. The van der Waals surface area contributed by atoms with Gasteiger partial charge in [-0.3, -0.25) is 4.79 Å². The van der Waals surface area contributed by atoms with Gasteiger partial charge in [0.2, 0.25) is 0 Å². The van der Waals surface area contributed by atoms with E-state index in [1.54, 1.807) is 49.8 Å². The largest absolute Gasteiger partial charge is 0.497 e. The summed E-state index contributed by atoms with van der Waals surface area (Å²) in [5.41, 5.74) is 4.28. The van der Waals surface area contributed by atoms with Crippen LogP contribution in [0.15, 0.2) is 54.9 Å². The first-order valence-electron chi connectivity index (χ1n) is 10.1. The molecule has 1 amide bonds. The van der Waals surface area contributed by atoms with Gasteiger partial charge in [0.25, 0.3) is 5.91 Å². The highest BCUT2D eigenvalue weighted by Gasteiger charge is 2.15. The maximum absolute atomic E-state index is 12.8. The van der Waals surface area contributed by atoms with Crippen molar-refractivity contribution in [2.75, 3.05) is 17.7 Å². The average molecular weight is 426 g/mol. The quantitative estimate of drug-likeness (QED) is 0.473. The van der Waals surface area contributed by atoms with Crippen LogP contribution in [0.2, 0.25) is 0 Å². The third-order valence-corrected chi connectivity index (χ3v) is 5.18. The number of nitriles is 1. The monoisotopic (exact) mass is 426 g/mol. The predicted molar refractivity (Wildman–Crippen MR) is 123 cm³/mol.